The highest BCUT2D eigenvalue weighted by Gasteiger charge is 2.14. The lowest BCUT2D eigenvalue weighted by atomic mass is 10.2. The van der Waals surface area contributed by atoms with Gasteiger partial charge in [-0.1, -0.05) is 18.5 Å². The number of rotatable bonds is 4. The van der Waals surface area contributed by atoms with E-state index in [2.05, 4.69) is 23.4 Å². The number of halogens is 2. The lowest BCUT2D eigenvalue weighted by molar-refractivity contribution is 0.525. The average molecular weight is 271 g/mol. The van der Waals surface area contributed by atoms with Crippen molar-refractivity contribution in [1.82, 2.24) is 9.55 Å². The number of alkyl halides is 1. The highest BCUT2D eigenvalue weighted by molar-refractivity contribution is 6.31. The predicted molar refractivity (Wildman–Crippen MR) is 74.2 cm³/mol. The molecule has 2 aromatic rings. The topological polar surface area (TPSA) is 17.8 Å². The van der Waals surface area contributed by atoms with Crippen molar-refractivity contribution >= 4 is 34.2 Å². The van der Waals surface area contributed by atoms with Crippen LogP contribution in [0.1, 0.15) is 32.1 Å². The van der Waals surface area contributed by atoms with Gasteiger partial charge in [0.2, 0.25) is 0 Å². The molecule has 1 aromatic carbocycles. The molecule has 2 rings (SSSR count). The van der Waals surface area contributed by atoms with Gasteiger partial charge in [-0.15, -0.1) is 11.6 Å². The van der Waals surface area contributed by atoms with Gasteiger partial charge in [0.25, 0.3) is 0 Å². The van der Waals surface area contributed by atoms with Crippen LogP contribution in [0.5, 0.6) is 0 Å². The van der Waals surface area contributed by atoms with Gasteiger partial charge in [0.1, 0.15) is 5.82 Å². The molecule has 0 saturated heterocycles. The highest BCUT2D eigenvalue weighted by Crippen LogP contribution is 2.26. The Morgan fingerprint density at radius 2 is 2.18 bits per heavy atom. The second kappa shape index (κ2) is 5.28. The summed E-state index contributed by atoms with van der Waals surface area (Å²) in [4.78, 5) is 4.63. The Hall–Kier alpha value is -0.730. The van der Waals surface area contributed by atoms with Crippen molar-refractivity contribution in [3.05, 3.63) is 29.0 Å². The third-order valence-electron chi connectivity index (χ3n) is 3.07. The molecule has 0 aliphatic rings. The van der Waals surface area contributed by atoms with E-state index < -0.39 is 0 Å². The molecule has 92 valence electrons. The van der Waals surface area contributed by atoms with E-state index in [1.165, 1.54) is 0 Å². The third-order valence-corrected chi connectivity index (χ3v) is 3.50. The van der Waals surface area contributed by atoms with Crippen LogP contribution in [0.3, 0.4) is 0 Å². The van der Waals surface area contributed by atoms with Gasteiger partial charge in [-0.25, -0.2) is 4.98 Å². The second-order valence-electron chi connectivity index (χ2n) is 4.23. The molecule has 0 fully saturated rings. The standard InChI is InChI=1S/C13H16Cl2N2/c1-3-9(2)17-12-8-10(15)4-5-11(12)16-13(17)6-7-14/h4-5,8-9H,3,6-7H2,1-2H3. The first-order valence-corrected chi connectivity index (χ1v) is 6.81. The molecule has 1 unspecified atom stereocenters. The van der Waals surface area contributed by atoms with E-state index in [1.807, 2.05) is 18.2 Å². The molecular weight excluding hydrogens is 255 g/mol. The Kier molecular flexibility index (Phi) is 3.95. The van der Waals surface area contributed by atoms with Gasteiger partial charge in [0, 0.05) is 23.4 Å². The highest BCUT2D eigenvalue weighted by atomic mass is 35.5. The molecule has 0 radical (unpaired) electrons. The fourth-order valence-corrected chi connectivity index (χ4v) is 2.39. The average Bonchev–Trinajstić information content (AvgIpc) is 2.66. The van der Waals surface area contributed by atoms with Gasteiger partial charge in [0.05, 0.1) is 11.0 Å². The zero-order valence-corrected chi connectivity index (χ0v) is 11.6. The third kappa shape index (κ3) is 2.43. The van der Waals surface area contributed by atoms with Gasteiger partial charge in [-0.05, 0) is 31.5 Å². The number of benzene rings is 1. The monoisotopic (exact) mass is 270 g/mol. The van der Waals surface area contributed by atoms with Crippen LogP contribution in [0.25, 0.3) is 11.0 Å². The first-order valence-electron chi connectivity index (χ1n) is 5.89. The van der Waals surface area contributed by atoms with Crippen molar-refractivity contribution in [3.8, 4) is 0 Å². The summed E-state index contributed by atoms with van der Waals surface area (Å²) in [6.07, 6.45) is 1.85. The van der Waals surface area contributed by atoms with Crippen molar-refractivity contribution in [2.45, 2.75) is 32.7 Å². The maximum atomic E-state index is 6.06. The molecule has 1 heterocycles. The van der Waals surface area contributed by atoms with E-state index in [9.17, 15) is 0 Å². The summed E-state index contributed by atoms with van der Waals surface area (Å²) in [5, 5.41) is 0.749. The molecule has 2 nitrogen and oxygen atoms in total. The lowest BCUT2D eigenvalue weighted by Gasteiger charge is -2.15. The van der Waals surface area contributed by atoms with Crippen molar-refractivity contribution in [1.29, 1.82) is 0 Å². The number of nitrogens with zero attached hydrogens (tertiary/aromatic N) is 2. The Bertz CT molecular complexity index is 519. The van der Waals surface area contributed by atoms with E-state index in [4.69, 9.17) is 23.2 Å². The second-order valence-corrected chi connectivity index (χ2v) is 5.04. The van der Waals surface area contributed by atoms with E-state index in [-0.39, 0.29) is 0 Å². The van der Waals surface area contributed by atoms with E-state index in [0.717, 1.165) is 34.7 Å². The van der Waals surface area contributed by atoms with Gasteiger partial charge >= 0.3 is 0 Å². The van der Waals surface area contributed by atoms with Gasteiger partial charge in [0.15, 0.2) is 0 Å². The van der Waals surface area contributed by atoms with Crippen LogP contribution in [-0.4, -0.2) is 15.4 Å². The largest absolute Gasteiger partial charge is 0.325 e. The maximum absolute atomic E-state index is 6.06. The van der Waals surface area contributed by atoms with Crippen LogP contribution >= 0.6 is 23.2 Å². The first kappa shape index (κ1) is 12.7. The van der Waals surface area contributed by atoms with Crippen molar-refractivity contribution in [2.24, 2.45) is 0 Å². The number of hydrogen-bond donors (Lipinski definition) is 0. The number of fused-ring (bicyclic) bond motifs is 1. The summed E-state index contributed by atoms with van der Waals surface area (Å²) in [6.45, 7) is 4.37. The minimum atomic E-state index is 0.414. The van der Waals surface area contributed by atoms with Crippen molar-refractivity contribution in [3.63, 3.8) is 0 Å². The molecule has 0 aliphatic heterocycles. The number of hydrogen-bond acceptors (Lipinski definition) is 1. The Morgan fingerprint density at radius 1 is 1.41 bits per heavy atom. The van der Waals surface area contributed by atoms with Crippen LogP contribution in [-0.2, 0) is 6.42 Å². The van der Waals surface area contributed by atoms with Crippen molar-refractivity contribution < 1.29 is 0 Å². The number of imidazole rings is 1. The SMILES string of the molecule is CCC(C)n1c(CCCl)nc2ccc(Cl)cc21. The molecule has 0 amide bonds. The molecule has 17 heavy (non-hydrogen) atoms. The molecule has 0 spiro atoms. The fourth-order valence-electron chi connectivity index (χ4n) is 2.05. The maximum Gasteiger partial charge on any atom is 0.111 e. The van der Waals surface area contributed by atoms with E-state index in [0.29, 0.717) is 11.9 Å². The van der Waals surface area contributed by atoms with Crippen LogP contribution in [0.2, 0.25) is 5.02 Å². The molecular formula is C13H16Cl2N2. The number of aromatic nitrogens is 2. The normalized spacial score (nSPS) is 13.2. The van der Waals surface area contributed by atoms with Crippen LogP contribution in [0.4, 0.5) is 0 Å². The first-order chi connectivity index (χ1) is 8.17. The predicted octanol–water partition coefficient (Wildman–Crippen LogP) is 4.44. The molecule has 1 aromatic heterocycles. The van der Waals surface area contributed by atoms with Gasteiger partial charge in [-0.2, -0.15) is 0 Å². The molecule has 4 heteroatoms. The van der Waals surface area contributed by atoms with Crippen molar-refractivity contribution in [2.75, 3.05) is 5.88 Å². The quantitative estimate of drug-likeness (QED) is 0.751. The van der Waals surface area contributed by atoms with E-state index >= 15 is 0 Å². The molecule has 0 saturated carbocycles. The van der Waals surface area contributed by atoms with Crippen LogP contribution in [0.15, 0.2) is 18.2 Å². The number of aryl methyl sites for hydroxylation is 1. The van der Waals surface area contributed by atoms with Gasteiger partial charge < -0.3 is 4.57 Å². The summed E-state index contributed by atoms with van der Waals surface area (Å²) in [5.74, 6) is 1.64. The van der Waals surface area contributed by atoms with Crippen LogP contribution < -0.4 is 0 Å². The summed E-state index contributed by atoms with van der Waals surface area (Å²) >= 11 is 11.9. The summed E-state index contributed by atoms with van der Waals surface area (Å²) in [6, 6.07) is 6.24. The molecule has 1 atom stereocenters. The smallest absolute Gasteiger partial charge is 0.111 e. The summed E-state index contributed by atoms with van der Waals surface area (Å²) < 4.78 is 2.25. The summed E-state index contributed by atoms with van der Waals surface area (Å²) in [7, 11) is 0. The van der Waals surface area contributed by atoms with Crippen LogP contribution in [0, 0.1) is 0 Å². The Labute approximate surface area is 112 Å². The molecule has 0 aliphatic carbocycles. The Balaban J connectivity index is 2.64. The Morgan fingerprint density at radius 3 is 2.82 bits per heavy atom. The minimum absolute atomic E-state index is 0.414. The zero-order valence-electron chi connectivity index (χ0n) is 10.1. The molecule has 0 N–H and O–H groups in total. The fraction of sp³-hybridized carbons (Fsp3) is 0.462. The van der Waals surface area contributed by atoms with E-state index in [1.54, 1.807) is 0 Å². The summed E-state index contributed by atoms with van der Waals surface area (Å²) in [5.41, 5.74) is 2.10. The lowest BCUT2D eigenvalue weighted by Crippen LogP contribution is -2.09. The zero-order chi connectivity index (χ0) is 12.4. The molecule has 0 bridgehead atoms. The minimum Gasteiger partial charge on any atom is -0.325 e. The van der Waals surface area contributed by atoms with Gasteiger partial charge in [-0.3, -0.25) is 0 Å².